The summed E-state index contributed by atoms with van der Waals surface area (Å²) >= 11 is 0. The molecule has 0 unspecified atom stereocenters. The van der Waals surface area contributed by atoms with Crippen molar-refractivity contribution in [3.63, 3.8) is 0 Å². The van der Waals surface area contributed by atoms with Crippen molar-refractivity contribution in [1.29, 1.82) is 0 Å². The molecule has 1 aromatic heterocycles. The van der Waals surface area contributed by atoms with Crippen molar-refractivity contribution in [3.8, 4) is 5.69 Å². The summed E-state index contributed by atoms with van der Waals surface area (Å²) in [5.41, 5.74) is 4.44. The number of carbonyl (C=O) groups is 1. The van der Waals surface area contributed by atoms with Crippen molar-refractivity contribution in [2.75, 3.05) is 6.54 Å². The summed E-state index contributed by atoms with van der Waals surface area (Å²) in [4.78, 5) is 10.6. The highest BCUT2D eigenvalue weighted by Gasteiger charge is 2.22. The van der Waals surface area contributed by atoms with Gasteiger partial charge in [0, 0.05) is 30.1 Å². The smallest absolute Gasteiger partial charge is 0.303 e. The Balaban J connectivity index is 2.13. The molecule has 0 spiro atoms. The molecule has 0 radical (unpaired) electrons. The van der Waals surface area contributed by atoms with E-state index < -0.39 is 5.97 Å². The predicted molar refractivity (Wildman–Crippen MR) is 95.6 cm³/mol. The average Bonchev–Trinajstić information content (AvgIpc) is 2.91. The van der Waals surface area contributed by atoms with Gasteiger partial charge in [0.05, 0.1) is 11.4 Å². The van der Waals surface area contributed by atoms with Crippen LogP contribution in [-0.2, 0) is 16.8 Å². The lowest BCUT2D eigenvalue weighted by molar-refractivity contribution is -0.137. The molecule has 1 aromatic carbocycles. The van der Waals surface area contributed by atoms with Crippen molar-refractivity contribution in [3.05, 3.63) is 47.3 Å². The number of aryl methyl sites for hydroxylation is 1. The molecular formula is C19H27N3O2. The first-order chi connectivity index (χ1) is 11.3. The molecule has 2 N–H and O–H groups in total. The number of aromatic nitrogens is 2. The standard InChI is InChI=1S/C19H27N3O2/c1-14-7-9-16(10-8-14)22-13-15(18(21-22)19(2,3)4)12-20-11-5-6-17(23)24/h7-10,13,20H,5-6,11-12H2,1-4H3,(H,23,24). The molecule has 0 saturated heterocycles. The van der Waals surface area contributed by atoms with Gasteiger partial charge in [-0.05, 0) is 32.0 Å². The Morgan fingerprint density at radius 2 is 1.92 bits per heavy atom. The van der Waals surface area contributed by atoms with Gasteiger partial charge in [-0.2, -0.15) is 5.10 Å². The maximum absolute atomic E-state index is 10.6. The Bertz CT molecular complexity index is 682. The number of carboxylic acid groups (broad SMARTS) is 1. The molecule has 0 fully saturated rings. The highest BCUT2D eigenvalue weighted by Crippen LogP contribution is 2.25. The van der Waals surface area contributed by atoms with E-state index in [-0.39, 0.29) is 11.8 Å². The second-order valence-electron chi connectivity index (χ2n) is 7.21. The highest BCUT2D eigenvalue weighted by atomic mass is 16.4. The Labute approximate surface area is 143 Å². The van der Waals surface area contributed by atoms with Crippen molar-refractivity contribution < 1.29 is 9.90 Å². The molecule has 0 aliphatic heterocycles. The van der Waals surface area contributed by atoms with Gasteiger partial charge in [-0.25, -0.2) is 4.68 Å². The SMILES string of the molecule is Cc1ccc(-n2cc(CNCCCC(=O)O)c(C(C)(C)C)n2)cc1. The van der Waals surface area contributed by atoms with E-state index in [2.05, 4.69) is 63.5 Å². The van der Waals surface area contributed by atoms with Gasteiger partial charge in [0.15, 0.2) is 0 Å². The maximum atomic E-state index is 10.6. The van der Waals surface area contributed by atoms with Gasteiger partial charge in [-0.3, -0.25) is 4.79 Å². The minimum atomic E-state index is -0.751. The lowest BCUT2D eigenvalue weighted by atomic mass is 9.89. The van der Waals surface area contributed by atoms with Gasteiger partial charge in [0.2, 0.25) is 0 Å². The van der Waals surface area contributed by atoms with E-state index >= 15 is 0 Å². The molecule has 130 valence electrons. The first-order valence-electron chi connectivity index (χ1n) is 8.36. The third-order valence-electron chi connectivity index (χ3n) is 3.86. The first-order valence-corrected chi connectivity index (χ1v) is 8.36. The normalized spacial score (nSPS) is 11.7. The number of rotatable bonds is 7. The van der Waals surface area contributed by atoms with Gasteiger partial charge in [0.25, 0.3) is 0 Å². The van der Waals surface area contributed by atoms with Crippen LogP contribution in [0.1, 0.15) is 50.4 Å². The van der Waals surface area contributed by atoms with Crippen LogP contribution < -0.4 is 5.32 Å². The highest BCUT2D eigenvalue weighted by molar-refractivity contribution is 5.66. The summed E-state index contributed by atoms with van der Waals surface area (Å²) in [6, 6.07) is 8.30. The first kappa shape index (κ1) is 18.2. The fourth-order valence-electron chi connectivity index (χ4n) is 2.59. The van der Waals surface area contributed by atoms with Crippen molar-refractivity contribution in [2.45, 2.75) is 52.5 Å². The van der Waals surface area contributed by atoms with Crippen LogP contribution in [-0.4, -0.2) is 27.4 Å². The van der Waals surface area contributed by atoms with Crippen LogP contribution in [0.25, 0.3) is 5.69 Å². The monoisotopic (exact) mass is 329 g/mol. The maximum Gasteiger partial charge on any atom is 0.303 e. The van der Waals surface area contributed by atoms with Crippen molar-refractivity contribution >= 4 is 5.97 Å². The fraction of sp³-hybridized carbons (Fsp3) is 0.474. The fourth-order valence-corrected chi connectivity index (χ4v) is 2.59. The van der Waals surface area contributed by atoms with Gasteiger partial charge >= 0.3 is 5.97 Å². The number of hydrogen-bond acceptors (Lipinski definition) is 3. The molecule has 0 aliphatic carbocycles. The predicted octanol–water partition coefficient (Wildman–Crippen LogP) is 3.43. The van der Waals surface area contributed by atoms with E-state index in [0.29, 0.717) is 19.5 Å². The van der Waals surface area contributed by atoms with Crippen LogP contribution in [0.5, 0.6) is 0 Å². The van der Waals surface area contributed by atoms with Gasteiger partial charge in [0.1, 0.15) is 0 Å². The molecule has 5 nitrogen and oxygen atoms in total. The minimum Gasteiger partial charge on any atom is -0.481 e. The van der Waals surface area contributed by atoms with Crippen LogP contribution in [0.2, 0.25) is 0 Å². The van der Waals surface area contributed by atoms with Gasteiger partial charge in [-0.1, -0.05) is 38.5 Å². The zero-order valence-electron chi connectivity index (χ0n) is 15.0. The summed E-state index contributed by atoms with van der Waals surface area (Å²) in [5.74, 6) is -0.751. The third-order valence-corrected chi connectivity index (χ3v) is 3.86. The quantitative estimate of drug-likeness (QED) is 0.764. The van der Waals surface area contributed by atoms with Crippen LogP contribution >= 0.6 is 0 Å². The zero-order valence-corrected chi connectivity index (χ0v) is 15.0. The van der Waals surface area contributed by atoms with Crippen LogP contribution in [0.4, 0.5) is 0 Å². The Morgan fingerprint density at radius 1 is 1.25 bits per heavy atom. The third kappa shape index (κ3) is 4.93. The lowest BCUT2D eigenvalue weighted by Crippen LogP contribution is -2.20. The molecule has 24 heavy (non-hydrogen) atoms. The van der Waals surface area contributed by atoms with Crippen LogP contribution in [0, 0.1) is 6.92 Å². The topological polar surface area (TPSA) is 67.2 Å². The Hall–Kier alpha value is -2.14. The summed E-state index contributed by atoms with van der Waals surface area (Å²) < 4.78 is 1.92. The zero-order chi connectivity index (χ0) is 17.7. The molecular weight excluding hydrogens is 302 g/mol. The number of nitrogens with one attached hydrogen (secondary N) is 1. The number of nitrogens with zero attached hydrogens (tertiary/aromatic N) is 2. The summed E-state index contributed by atoms with van der Waals surface area (Å²) in [6.45, 7) is 9.91. The van der Waals surface area contributed by atoms with Crippen molar-refractivity contribution in [2.24, 2.45) is 0 Å². The number of carboxylic acids is 1. The van der Waals surface area contributed by atoms with Gasteiger partial charge in [-0.15, -0.1) is 0 Å². The van der Waals surface area contributed by atoms with Crippen LogP contribution in [0.15, 0.2) is 30.5 Å². The molecule has 2 rings (SSSR count). The van der Waals surface area contributed by atoms with Crippen molar-refractivity contribution in [1.82, 2.24) is 15.1 Å². The molecule has 0 atom stereocenters. The van der Waals surface area contributed by atoms with E-state index in [1.54, 1.807) is 0 Å². The average molecular weight is 329 g/mol. The summed E-state index contributed by atoms with van der Waals surface area (Å²) in [6.07, 6.45) is 2.89. The molecule has 0 bridgehead atoms. The second kappa shape index (κ2) is 7.62. The molecule has 0 amide bonds. The molecule has 5 heteroatoms. The van der Waals surface area contributed by atoms with Gasteiger partial charge < -0.3 is 10.4 Å². The summed E-state index contributed by atoms with van der Waals surface area (Å²) in [5, 5.41) is 16.8. The molecule has 1 heterocycles. The minimum absolute atomic E-state index is 0.0476. The van der Waals surface area contributed by atoms with Crippen LogP contribution in [0.3, 0.4) is 0 Å². The Morgan fingerprint density at radius 3 is 2.50 bits per heavy atom. The number of benzene rings is 1. The molecule has 0 saturated carbocycles. The largest absolute Gasteiger partial charge is 0.481 e. The molecule has 2 aromatic rings. The van der Waals surface area contributed by atoms with E-state index in [0.717, 1.165) is 16.9 Å². The second-order valence-corrected chi connectivity index (χ2v) is 7.21. The molecule has 0 aliphatic rings. The Kier molecular flexibility index (Phi) is 5.78. The van der Waals surface area contributed by atoms with E-state index in [1.165, 1.54) is 5.56 Å². The summed E-state index contributed by atoms with van der Waals surface area (Å²) in [7, 11) is 0. The van der Waals surface area contributed by atoms with E-state index in [4.69, 9.17) is 10.2 Å². The lowest BCUT2D eigenvalue weighted by Gasteiger charge is -2.17. The van der Waals surface area contributed by atoms with E-state index in [9.17, 15) is 4.79 Å². The number of aliphatic carboxylic acids is 1. The van der Waals surface area contributed by atoms with E-state index in [1.807, 2.05) is 4.68 Å². The number of hydrogen-bond donors (Lipinski definition) is 2.